The summed E-state index contributed by atoms with van der Waals surface area (Å²) in [5.41, 5.74) is 3.03. The summed E-state index contributed by atoms with van der Waals surface area (Å²) in [4.78, 5) is 23.6. The van der Waals surface area contributed by atoms with E-state index in [1.165, 1.54) is 0 Å². The van der Waals surface area contributed by atoms with Gasteiger partial charge in [-0.2, -0.15) is 0 Å². The molecule has 0 aliphatic rings. The van der Waals surface area contributed by atoms with Crippen LogP contribution < -0.4 is 16.1 Å². The maximum Gasteiger partial charge on any atom is 0.315 e. The van der Waals surface area contributed by atoms with Crippen molar-refractivity contribution in [3.8, 4) is 0 Å². The number of hydroxylamine groups is 1. The van der Waals surface area contributed by atoms with E-state index in [1.54, 1.807) is 22.4 Å². The Morgan fingerprint density at radius 1 is 1.30 bits per heavy atom. The molecule has 146 valence electrons. The van der Waals surface area contributed by atoms with Crippen molar-refractivity contribution in [2.45, 2.75) is 39.4 Å². The molecule has 0 aliphatic carbocycles. The fourth-order valence-electron chi connectivity index (χ4n) is 2.46. The normalized spacial score (nSPS) is 11.9. The molecular weight excluding hydrogens is 372 g/mol. The van der Waals surface area contributed by atoms with Crippen molar-refractivity contribution in [3.05, 3.63) is 46.7 Å². The molecule has 0 aliphatic heterocycles. The molecule has 1 aromatic carbocycles. The highest BCUT2D eigenvalue weighted by molar-refractivity contribution is 6.31. The third-order valence-corrected chi connectivity index (χ3v) is 4.11. The zero-order valence-corrected chi connectivity index (χ0v) is 15.9. The summed E-state index contributed by atoms with van der Waals surface area (Å²) in [5, 5.41) is 22.6. The third-order valence-electron chi connectivity index (χ3n) is 3.75. The average molecular weight is 395 g/mol. The maximum absolute atomic E-state index is 12.0. The van der Waals surface area contributed by atoms with Gasteiger partial charge in [-0.05, 0) is 24.0 Å². The largest absolute Gasteiger partial charge is 0.332 e. The first-order chi connectivity index (χ1) is 12.9. The second kappa shape index (κ2) is 9.89. The zero-order chi connectivity index (χ0) is 19.8. The van der Waals surface area contributed by atoms with Gasteiger partial charge >= 0.3 is 6.03 Å². The number of rotatable bonds is 8. The smallest absolute Gasteiger partial charge is 0.315 e. The second-order valence-corrected chi connectivity index (χ2v) is 6.89. The lowest BCUT2D eigenvalue weighted by molar-refractivity contribution is -0.131. The van der Waals surface area contributed by atoms with Crippen LogP contribution in [0.4, 0.5) is 4.79 Å². The molecule has 10 heteroatoms. The molecular formula is C17H23ClN6O3. The standard InChI is InChI=1S/C17H23ClN6O3/c1-11(2)7-15(16(25)22-27)20-17(26)19-8-13-10-24(23-21-13)9-12-5-3-4-6-14(12)18/h3-6,10-11,15,27H,7-9H2,1-2H3,(H,22,25)(H2,19,20,26)/t15-/m0/s1. The maximum atomic E-state index is 12.0. The topological polar surface area (TPSA) is 121 Å². The van der Waals surface area contributed by atoms with Crippen LogP contribution in [0.1, 0.15) is 31.5 Å². The van der Waals surface area contributed by atoms with Gasteiger partial charge in [0, 0.05) is 5.02 Å². The molecule has 0 saturated heterocycles. The number of carbonyl (C=O) groups excluding carboxylic acids is 2. The van der Waals surface area contributed by atoms with Gasteiger partial charge in [0.2, 0.25) is 0 Å². The van der Waals surface area contributed by atoms with Gasteiger partial charge in [-0.1, -0.05) is 48.9 Å². The number of nitrogens with one attached hydrogen (secondary N) is 3. The summed E-state index contributed by atoms with van der Waals surface area (Å²) in [6, 6.07) is 6.08. The van der Waals surface area contributed by atoms with E-state index in [4.69, 9.17) is 16.8 Å². The molecule has 3 amide bonds. The minimum Gasteiger partial charge on any atom is -0.332 e. The molecule has 9 nitrogen and oxygen atoms in total. The molecule has 27 heavy (non-hydrogen) atoms. The number of hydrogen-bond donors (Lipinski definition) is 4. The van der Waals surface area contributed by atoms with Gasteiger partial charge in [0.15, 0.2) is 0 Å². The molecule has 0 fully saturated rings. The number of amides is 3. The minimum atomic E-state index is -0.828. The highest BCUT2D eigenvalue weighted by Crippen LogP contribution is 2.15. The van der Waals surface area contributed by atoms with Crippen molar-refractivity contribution in [2.24, 2.45) is 5.92 Å². The lowest BCUT2D eigenvalue weighted by atomic mass is 10.0. The fraction of sp³-hybridized carbons (Fsp3) is 0.412. The van der Waals surface area contributed by atoms with Crippen LogP contribution >= 0.6 is 11.6 Å². The Kier molecular flexibility index (Phi) is 7.56. The number of halogens is 1. The van der Waals surface area contributed by atoms with Gasteiger partial charge in [0.05, 0.1) is 19.3 Å². The predicted molar refractivity (Wildman–Crippen MR) is 99.1 cm³/mol. The van der Waals surface area contributed by atoms with Crippen LogP contribution in [0.2, 0.25) is 5.02 Å². The first-order valence-corrected chi connectivity index (χ1v) is 8.87. The van der Waals surface area contributed by atoms with Gasteiger partial charge in [0.25, 0.3) is 5.91 Å². The van der Waals surface area contributed by atoms with Gasteiger partial charge < -0.3 is 10.6 Å². The monoisotopic (exact) mass is 394 g/mol. The lowest BCUT2D eigenvalue weighted by Gasteiger charge is -2.18. The fourth-order valence-corrected chi connectivity index (χ4v) is 2.65. The second-order valence-electron chi connectivity index (χ2n) is 6.48. The van der Waals surface area contributed by atoms with E-state index in [-0.39, 0.29) is 12.5 Å². The first-order valence-electron chi connectivity index (χ1n) is 8.49. The third kappa shape index (κ3) is 6.54. The summed E-state index contributed by atoms with van der Waals surface area (Å²) >= 11 is 6.13. The number of hydrogen-bond acceptors (Lipinski definition) is 5. The van der Waals surface area contributed by atoms with Crippen LogP contribution in [0.15, 0.2) is 30.5 Å². The zero-order valence-electron chi connectivity index (χ0n) is 15.1. The molecule has 1 atom stereocenters. The van der Waals surface area contributed by atoms with E-state index >= 15 is 0 Å². The molecule has 1 heterocycles. The molecule has 4 N–H and O–H groups in total. The Labute approximate surface area is 162 Å². The van der Waals surface area contributed by atoms with Crippen LogP contribution in [0.25, 0.3) is 0 Å². The quantitative estimate of drug-likeness (QED) is 0.401. The van der Waals surface area contributed by atoms with Crippen LogP contribution in [0.3, 0.4) is 0 Å². The average Bonchev–Trinajstić information content (AvgIpc) is 3.08. The molecule has 0 bridgehead atoms. The molecule has 2 rings (SSSR count). The Morgan fingerprint density at radius 3 is 2.70 bits per heavy atom. The summed E-state index contributed by atoms with van der Waals surface area (Å²) in [7, 11) is 0. The van der Waals surface area contributed by atoms with Crippen molar-refractivity contribution in [3.63, 3.8) is 0 Å². The van der Waals surface area contributed by atoms with Crippen LogP contribution in [0.5, 0.6) is 0 Å². The van der Waals surface area contributed by atoms with Crippen molar-refractivity contribution in [2.75, 3.05) is 0 Å². The van der Waals surface area contributed by atoms with E-state index in [0.29, 0.717) is 23.7 Å². The van der Waals surface area contributed by atoms with Crippen LogP contribution in [-0.2, 0) is 17.9 Å². The Hall–Kier alpha value is -2.65. The number of aromatic nitrogens is 3. The number of nitrogens with zero attached hydrogens (tertiary/aromatic N) is 3. The van der Waals surface area contributed by atoms with Gasteiger partial charge in [0.1, 0.15) is 11.7 Å². The summed E-state index contributed by atoms with van der Waals surface area (Å²) < 4.78 is 1.62. The number of urea groups is 1. The van der Waals surface area contributed by atoms with Gasteiger partial charge in [-0.15, -0.1) is 5.10 Å². The van der Waals surface area contributed by atoms with E-state index in [2.05, 4.69) is 20.9 Å². The SMILES string of the molecule is CC(C)C[C@H](NC(=O)NCc1cn(Cc2ccccc2Cl)nn1)C(=O)NO. The van der Waals surface area contributed by atoms with Gasteiger partial charge in [-0.3, -0.25) is 10.0 Å². The van der Waals surface area contributed by atoms with Crippen molar-refractivity contribution < 1.29 is 14.8 Å². The first kappa shape index (κ1) is 20.7. The van der Waals surface area contributed by atoms with Crippen molar-refractivity contribution >= 4 is 23.5 Å². The highest BCUT2D eigenvalue weighted by Gasteiger charge is 2.21. The molecule has 0 unspecified atom stereocenters. The summed E-state index contributed by atoms with van der Waals surface area (Å²) in [6.07, 6.45) is 2.10. The number of carbonyl (C=O) groups is 2. The van der Waals surface area contributed by atoms with Crippen LogP contribution in [-0.4, -0.2) is 38.2 Å². The molecule has 0 spiro atoms. The van der Waals surface area contributed by atoms with Gasteiger partial charge in [-0.25, -0.2) is 15.0 Å². The van der Waals surface area contributed by atoms with E-state index in [9.17, 15) is 9.59 Å². The Bertz CT molecular complexity index is 780. The lowest BCUT2D eigenvalue weighted by Crippen LogP contribution is -2.49. The summed E-state index contributed by atoms with van der Waals surface area (Å²) in [6.45, 7) is 4.43. The van der Waals surface area contributed by atoms with Crippen molar-refractivity contribution in [1.29, 1.82) is 0 Å². The Morgan fingerprint density at radius 2 is 2.04 bits per heavy atom. The number of benzene rings is 1. The summed E-state index contributed by atoms with van der Waals surface area (Å²) in [5.74, 6) is -0.498. The minimum absolute atomic E-state index is 0.142. The van der Waals surface area contributed by atoms with E-state index in [1.807, 2.05) is 32.0 Å². The highest BCUT2D eigenvalue weighted by atomic mass is 35.5. The molecule has 0 saturated carbocycles. The molecule has 2 aromatic rings. The molecule has 1 aromatic heterocycles. The Balaban J connectivity index is 1.87. The molecule has 0 radical (unpaired) electrons. The van der Waals surface area contributed by atoms with E-state index < -0.39 is 18.0 Å². The van der Waals surface area contributed by atoms with E-state index in [0.717, 1.165) is 5.56 Å². The van der Waals surface area contributed by atoms with Crippen LogP contribution in [0, 0.1) is 5.92 Å². The predicted octanol–water partition coefficient (Wildman–Crippen LogP) is 1.70. The van der Waals surface area contributed by atoms with Crippen molar-refractivity contribution in [1.82, 2.24) is 31.1 Å².